The quantitative estimate of drug-likeness (QED) is 0.151. The number of rotatable bonds is 12. The normalized spacial score (nSPS) is 22.7. The molecule has 0 aromatic carbocycles. The molecule has 0 aromatic heterocycles. The number of carbonyl (C=O) groups is 4. The van der Waals surface area contributed by atoms with Gasteiger partial charge in [-0.15, -0.1) is 0 Å². The number of allylic oxidation sites excluding steroid dienone is 20. The van der Waals surface area contributed by atoms with E-state index >= 15 is 0 Å². The van der Waals surface area contributed by atoms with Gasteiger partial charge in [0.1, 0.15) is 0 Å². The fraction of sp³-hybridized carbons (Fsp3) is 0.409. The summed E-state index contributed by atoms with van der Waals surface area (Å²) >= 11 is 0. The first-order chi connectivity index (χ1) is 23.2. The summed E-state index contributed by atoms with van der Waals surface area (Å²) in [4.78, 5) is 48.4. The smallest absolute Gasteiger partial charge is 0.303 e. The van der Waals surface area contributed by atoms with E-state index in [2.05, 4.69) is 27.7 Å². The summed E-state index contributed by atoms with van der Waals surface area (Å²) in [6, 6.07) is 0. The Bertz CT molecular complexity index is 1560. The van der Waals surface area contributed by atoms with Crippen LogP contribution in [0.25, 0.3) is 0 Å². The maximum Gasteiger partial charge on any atom is 0.303 e. The maximum absolute atomic E-state index is 12.8. The van der Waals surface area contributed by atoms with E-state index < -0.39 is 24.1 Å². The number of hydrogen-bond donors (Lipinski definition) is 0. The van der Waals surface area contributed by atoms with Gasteiger partial charge in [0.15, 0.2) is 23.8 Å². The van der Waals surface area contributed by atoms with Crippen molar-refractivity contribution < 1.29 is 28.7 Å². The molecule has 2 aliphatic carbocycles. The minimum atomic E-state index is -0.719. The summed E-state index contributed by atoms with van der Waals surface area (Å²) in [5.74, 6) is -1.13. The molecule has 0 saturated carbocycles. The summed E-state index contributed by atoms with van der Waals surface area (Å²) < 4.78 is 10.5. The Morgan fingerprint density at radius 1 is 0.540 bits per heavy atom. The van der Waals surface area contributed by atoms with E-state index in [-0.39, 0.29) is 22.4 Å². The van der Waals surface area contributed by atoms with Crippen LogP contribution in [-0.4, -0.2) is 35.7 Å². The van der Waals surface area contributed by atoms with Gasteiger partial charge in [-0.2, -0.15) is 0 Å². The fourth-order valence-corrected chi connectivity index (χ4v) is 6.16. The first-order valence-electron chi connectivity index (χ1n) is 17.2. The van der Waals surface area contributed by atoms with Crippen LogP contribution in [-0.2, 0) is 28.7 Å². The van der Waals surface area contributed by atoms with Crippen molar-refractivity contribution in [2.45, 2.75) is 108 Å². The van der Waals surface area contributed by atoms with Gasteiger partial charge in [-0.25, -0.2) is 0 Å². The third-order valence-corrected chi connectivity index (χ3v) is 8.89. The SMILES string of the molecule is CC(=O)OC1CC(C)(C)C(/C=C/C(C)=C/C=C/C(C)=C\C=C\C=C(C)/C=C/C=C(C)/C=C/C2=C(C)C(=O)C(OC(C)=O)CC2(C)C)=C(C)C1=O. The lowest BCUT2D eigenvalue weighted by atomic mass is 9.71. The molecule has 0 aliphatic heterocycles. The van der Waals surface area contributed by atoms with Crippen molar-refractivity contribution in [3.05, 3.63) is 130 Å². The zero-order chi connectivity index (χ0) is 37.8. The Balaban J connectivity index is 1.98. The molecule has 0 N–H and O–H groups in total. The minimum Gasteiger partial charge on any atom is -0.454 e. The summed E-state index contributed by atoms with van der Waals surface area (Å²) in [7, 11) is 0. The predicted octanol–water partition coefficient (Wildman–Crippen LogP) is 10.0. The van der Waals surface area contributed by atoms with Gasteiger partial charge in [-0.1, -0.05) is 135 Å². The zero-order valence-electron chi connectivity index (χ0n) is 32.1. The second-order valence-corrected chi connectivity index (χ2v) is 14.6. The van der Waals surface area contributed by atoms with Crippen molar-refractivity contribution in [3.63, 3.8) is 0 Å². The molecule has 2 rings (SSSR count). The molecule has 0 spiro atoms. The molecule has 0 bridgehead atoms. The van der Waals surface area contributed by atoms with Crippen LogP contribution in [0.5, 0.6) is 0 Å². The predicted molar refractivity (Wildman–Crippen MR) is 204 cm³/mol. The Labute approximate surface area is 300 Å². The number of ketones is 2. The molecule has 6 nitrogen and oxygen atoms in total. The number of ether oxygens (including phenoxy) is 2. The van der Waals surface area contributed by atoms with Crippen molar-refractivity contribution in [1.82, 2.24) is 0 Å². The summed E-state index contributed by atoms with van der Waals surface area (Å²) in [5, 5.41) is 0. The monoisotopic (exact) mass is 680 g/mol. The molecule has 268 valence electrons. The molecule has 2 unspecified atom stereocenters. The second-order valence-electron chi connectivity index (χ2n) is 14.6. The highest BCUT2D eigenvalue weighted by molar-refractivity contribution is 6.02. The van der Waals surface area contributed by atoms with E-state index in [1.54, 1.807) is 13.8 Å². The van der Waals surface area contributed by atoms with E-state index in [1.165, 1.54) is 13.8 Å². The van der Waals surface area contributed by atoms with Crippen LogP contribution >= 0.6 is 0 Å². The van der Waals surface area contributed by atoms with Crippen LogP contribution in [0.2, 0.25) is 0 Å². The Kier molecular flexibility index (Phi) is 15.3. The molecule has 0 radical (unpaired) electrons. The number of carbonyl (C=O) groups excluding carboxylic acids is 4. The van der Waals surface area contributed by atoms with Gasteiger partial charge in [-0.3, -0.25) is 19.2 Å². The second kappa shape index (κ2) is 18.4. The van der Waals surface area contributed by atoms with Gasteiger partial charge < -0.3 is 9.47 Å². The molecule has 50 heavy (non-hydrogen) atoms. The lowest BCUT2D eigenvalue weighted by molar-refractivity contribution is -0.154. The van der Waals surface area contributed by atoms with Gasteiger partial charge in [-0.05, 0) is 74.7 Å². The Hall–Kier alpha value is -4.58. The van der Waals surface area contributed by atoms with Crippen molar-refractivity contribution in [3.8, 4) is 0 Å². The minimum absolute atomic E-state index is 0.127. The van der Waals surface area contributed by atoms with Crippen LogP contribution < -0.4 is 0 Å². The molecule has 0 heterocycles. The van der Waals surface area contributed by atoms with Crippen LogP contribution in [0, 0.1) is 10.8 Å². The molecule has 0 fully saturated rings. The van der Waals surface area contributed by atoms with Crippen LogP contribution in [0.1, 0.15) is 95.9 Å². The van der Waals surface area contributed by atoms with E-state index in [4.69, 9.17) is 9.47 Å². The highest BCUT2D eigenvalue weighted by Gasteiger charge is 2.40. The van der Waals surface area contributed by atoms with E-state index in [9.17, 15) is 19.2 Å². The molecule has 6 heteroatoms. The number of esters is 2. The molecule has 0 aromatic rings. The average molecular weight is 681 g/mol. The summed E-state index contributed by atoms with van der Waals surface area (Å²) in [6.45, 7) is 22.7. The summed E-state index contributed by atoms with van der Waals surface area (Å²) in [6.07, 6.45) is 27.8. The molecule has 2 atom stereocenters. The summed E-state index contributed by atoms with van der Waals surface area (Å²) in [5.41, 5.74) is 6.94. The standard InChI is InChI=1S/C44H56O6/c1-29(19-15-21-31(3)23-25-37-33(5)41(47)39(49-35(7)45)27-43(37,9)10)17-13-14-18-30(2)20-16-22-32(4)24-26-38-34(6)42(48)40(50-36(8)46)28-44(38,11)12/h13-26,39-40H,27-28H2,1-12H3/b14-13+,19-15+,20-16+,25-23+,26-24+,29-17-,30-18-,31-21+,32-22+. The van der Waals surface area contributed by atoms with E-state index in [1.807, 2.05) is 113 Å². The topological polar surface area (TPSA) is 86.7 Å². The van der Waals surface area contributed by atoms with Gasteiger partial charge in [0.05, 0.1) is 0 Å². The van der Waals surface area contributed by atoms with Crippen molar-refractivity contribution in [2.75, 3.05) is 0 Å². The van der Waals surface area contributed by atoms with Gasteiger partial charge in [0, 0.05) is 26.7 Å². The lowest BCUT2D eigenvalue weighted by Crippen LogP contribution is -2.38. The number of Topliss-reactive ketones (excluding diaryl/α,β-unsaturated/α-hetero) is 2. The number of hydrogen-bond acceptors (Lipinski definition) is 6. The highest BCUT2D eigenvalue weighted by Crippen LogP contribution is 2.42. The third-order valence-electron chi connectivity index (χ3n) is 8.89. The third kappa shape index (κ3) is 12.7. The van der Waals surface area contributed by atoms with Crippen molar-refractivity contribution in [2.24, 2.45) is 10.8 Å². The Morgan fingerprint density at radius 2 is 0.840 bits per heavy atom. The fourth-order valence-electron chi connectivity index (χ4n) is 6.16. The molecule has 0 amide bonds. The molecular weight excluding hydrogens is 624 g/mol. The average Bonchev–Trinajstić information content (AvgIpc) is 2.99. The van der Waals surface area contributed by atoms with Crippen molar-refractivity contribution in [1.29, 1.82) is 0 Å². The van der Waals surface area contributed by atoms with Gasteiger partial charge in [0.25, 0.3) is 0 Å². The molecule has 0 saturated heterocycles. The van der Waals surface area contributed by atoms with Crippen LogP contribution in [0.15, 0.2) is 130 Å². The van der Waals surface area contributed by atoms with E-state index in [0.717, 1.165) is 33.4 Å². The Morgan fingerprint density at radius 3 is 1.16 bits per heavy atom. The van der Waals surface area contributed by atoms with E-state index in [0.29, 0.717) is 24.0 Å². The van der Waals surface area contributed by atoms with Gasteiger partial charge >= 0.3 is 11.9 Å². The molecule has 2 aliphatic rings. The zero-order valence-corrected chi connectivity index (χ0v) is 32.1. The van der Waals surface area contributed by atoms with Crippen LogP contribution in [0.4, 0.5) is 0 Å². The lowest BCUT2D eigenvalue weighted by Gasteiger charge is -2.36. The highest BCUT2D eigenvalue weighted by atomic mass is 16.5. The van der Waals surface area contributed by atoms with Gasteiger partial charge in [0.2, 0.25) is 0 Å². The molecular formula is C44H56O6. The first-order valence-corrected chi connectivity index (χ1v) is 17.2. The maximum atomic E-state index is 12.8. The largest absolute Gasteiger partial charge is 0.454 e. The first kappa shape index (κ1) is 41.6. The van der Waals surface area contributed by atoms with Crippen molar-refractivity contribution >= 4 is 23.5 Å². The van der Waals surface area contributed by atoms with Crippen LogP contribution in [0.3, 0.4) is 0 Å².